The van der Waals surface area contributed by atoms with E-state index in [1.165, 1.54) is 5.56 Å². The van der Waals surface area contributed by atoms with Crippen LogP contribution in [0.4, 0.5) is 0 Å². The maximum Gasteiger partial charge on any atom is 0.334 e. The lowest BCUT2D eigenvalue weighted by Crippen LogP contribution is -2.40. The highest BCUT2D eigenvalue weighted by molar-refractivity contribution is 7.53. The number of aliphatic hydroxyl groups excluding tert-OH is 3. The summed E-state index contributed by atoms with van der Waals surface area (Å²) < 4.78 is 9.49. The Balaban J connectivity index is 0.00000103. The van der Waals surface area contributed by atoms with E-state index >= 15 is 0 Å². The van der Waals surface area contributed by atoms with Gasteiger partial charge >= 0.3 is 17.2 Å². The molecule has 1 aromatic carbocycles. The first-order valence-electron chi connectivity index (χ1n) is 9.26. The van der Waals surface area contributed by atoms with Crippen LogP contribution in [0.5, 0.6) is 5.75 Å². The van der Waals surface area contributed by atoms with E-state index in [9.17, 15) is 15.3 Å². The molecule has 0 radical (unpaired) electrons. The molecule has 0 amide bonds. The van der Waals surface area contributed by atoms with Gasteiger partial charge in [0.25, 0.3) is 0 Å². The summed E-state index contributed by atoms with van der Waals surface area (Å²) in [7, 11) is -5.22. The van der Waals surface area contributed by atoms with Gasteiger partial charge in [0.2, 0.25) is 0 Å². The third-order valence-corrected chi connectivity index (χ3v) is 5.51. The van der Waals surface area contributed by atoms with E-state index in [1.54, 1.807) is 0 Å². The largest absolute Gasteiger partial charge is 0.492 e. The van der Waals surface area contributed by atoms with Gasteiger partial charge in [0.15, 0.2) is 0 Å². The first kappa shape index (κ1) is 29.6. The third-order valence-electron chi connectivity index (χ3n) is 4.34. The van der Waals surface area contributed by atoms with Crippen LogP contribution in [0.2, 0.25) is 0 Å². The fraction of sp³-hybridized carbons (Fsp3) is 0.684. The molecule has 0 unspecified atom stereocenters. The van der Waals surface area contributed by atoms with Crippen molar-refractivity contribution in [3.05, 3.63) is 29.3 Å². The molecule has 0 bridgehead atoms. The molecule has 0 saturated heterocycles. The molecule has 0 aromatic heterocycles. The van der Waals surface area contributed by atoms with Gasteiger partial charge in [-0.05, 0) is 28.0 Å². The molecular formula is C19H36O9P2. The molecule has 1 rings (SSSR count). The molecule has 0 heterocycles. The molecule has 176 valence electrons. The van der Waals surface area contributed by atoms with Crippen LogP contribution in [0.1, 0.15) is 52.7 Å². The molecular weight excluding hydrogens is 434 g/mol. The van der Waals surface area contributed by atoms with Crippen molar-refractivity contribution < 1.29 is 43.9 Å². The highest BCUT2D eigenvalue weighted by atomic mass is 31.2. The van der Waals surface area contributed by atoms with Crippen molar-refractivity contribution in [2.24, 2.45) is 5.41 Å². The van der Waals surface area contributed by atoms with Gasteiger partial charge < -0.3 is 39.6 Å². The van der Waals surface area contributed by atoms with Crippen LogP contribution in [0.25, 0.3) is 0 Å². The average molecular weight is 470 g/mol. The van der Waals surface area contributed by atoms with Gasteiger partial charge in [-0.25, -0.2) is 4.31 Å². The van der Waals surface area contributed by atoms with Crippen LogP contribution >= 0.6 is 17.2 Å². The quantitative estimate of drug-likeness (QED) is 0.282. The number of rotatable bonds is 8. The first-order chi connectivity index (χ1) is 13.6. The van der Waals surface area contributed by atoms with Gasteiger partial charge in [-0.2, -0.15) is 0 Å². The van der Waals surface area contributed by atoms with E-state index in [-0.39, 0.29) is 37.3 Å². The van der Waals surface area contributed by atoms with Crippen LogP contribution in [-0.4, -0.2) is 61.3 Å². The van der Waals surface area contributed by atoms with Gasteiger partial charge in [0, 0.05) is 0 Å². The van der Waals surface area contributed by atoms with Gasteiger partial charge in [-0.3, -0.25) is 0 Å². The Morgan fingerprint density at radius 3 is 1.53 bits per heavy atom. The minimum Gasteiger partial charge on any atom is -0.492 e. The van der Waals surface area contributed by atoms with Crippen molar-refractivity contribution in [1.82, 2.24) is 0 Å². The fourth-order valence-corrected chi connectivity index (χ4v) is 2.81. The summed E-state index contributed by atoms with van der Waals surface area (Å²) in [6, 6.07) is 6.15. The second-order valence-electron chi connectivity index (χ2n) is 9.06. The number of aliphatic hydroxyl groups is 3. The van der Waals surface area contributed by atoms with Crippen molar-refractivity contribution in [3.8, 4) is 5.75 Å². The highest BCUT2D eigenvalue weighted by Crippen LogP contribution is 2.41. The normalized spacial score (nSPS) is 12.8. The Morgan fingerprint density at radius 2 is 1.23 bits per heavy atom. The Hall–Kier alpha value is -0.440. The minimum absolute atomic E-state index is 0.0452. The van der Waals surface area contributed by atoms with Gasteiger partial charge in [0.1, 0.15) is 12.4 Å². The molecule has 30 heavy (non-hydrogen) atoms. The topological polar surface area (TPSA) is 160 Å². The first-order valence-corrected chi connectivity index (χ1v) is 11.6. The van der Waals surface area contributed by atoms with Crippen LogP contribution < -0.4 is 4.74 Å². The molecule has 7 N–H and O–H groups in total. The molecule has 0 atom stereocenters. The van der Waals surface area contributed by atoms with E-state index in [2.05, 4.69) is 51.9 Å². The Labute approximate surface area is 180 Å². The SMILES string of the molecule is CC(C)(C)c1ccc(OCC(CO)(CO)CO)c(C(C)(C)C)c1.OP(O)OP(O)O. The van der Waals surface area contributed by atoms with Crippen LogP contribution in [0, 0.1) is 5.41 Å². The average Bonchev–Trinajstić information content (AvgIpc) is 2.61. The summed E-state index contributed by atoms with van der Waals surface area (Å²) >= 11 is 0. The summed E-state index contributed by atoms with van der Waals surface area (Å²) in [5.41, 5.74) is 1.22. The van der Waals surface area contributed by atoms with E-state index in [4.69, 9.17) is 24.3 Å². The second-order valence-corrected chi connectivity index (χ2v) is 10.7. The second kappa shape index (κ2) is 12.6. The zero-order valence-electron chi connectivity index (χ0n) is 18.4. The standard InChI is InChI=1S/C19H32O4.H4O5P2/c1-17(2,3)14-7-8-16(15(9-14)18(4,5)6)23-13-19(10-20,11-21)12-22;1-6(2)5-7(3)4/h7-9,20-22H,10-13H2,1-6H3;1-4H. The molecule has 0 saturated carbocycles. The smallest absolute Gasteiger partial charge is 0.334 e. The van der Waals surface area contributed by atoms with E-state index in [0.717, 1.165) is 11.3 Å². The molecule has 9 nitrogen and oxygen atoms in total. The molecule has 1 aromatic rings. The maximum absolute atomic E-state index is 9.43. The maximum atomic E-state index is 9.43. The lowest BCUT2D eigenvalue weighted by molar-refractivity contribution is -0.0262. The summed E-state index contributed by atoms with van der Waals surface area (Å²) in [5.74, 6) is 0.727. The summed E-state index contributed by atoms with van der Waals surface area (Å²) in [4.78, 5) is 31.3. The number of hydrogen-bond donors (Lipinski definition) is 7. The van der Waals surface area contributed by atoms with E-state index in [1.807, 2.05) is 12.1 Å². The van der Waals surface area contributed by atoms with Crippen LogP contribution in [0.15, 0.2) is 18.2 Å². The third kappa shape index (κ3) is 10.2. The van der Waals surface area contributed by atoms with E-state index in [0.29, 0.717) is 0 Å². The summed E-state index contributed by atoms with van der Waals surface area (Å²) in [5, 5.41) is 28.3. The van der Waals surface area contributed by atoms with Crippen molar-refractivity contribution in [1.29, 1.82) is 0 Å². The molecule has 0 aliphatic carbocycles. The highest BCUT2D eigenvalue weighted by Gasteiger charge is 2.30. The Bertz CT molecular complexity index is 607. The zero-order chi connectivity index (χ0) is 23.8. The Kier molecular flexibility index (Phi) is 12.4. The van der Waals surface area contributed by atoms with Gasteiger partial charge in [-0.1, -0.05) is 53.7 Å². The van der Waals surface area contributed by atoms with E-state index < -0.39 is 22.6 Å². The zero-order valence-corrected chi connectivity index (χ0v) is 20.2. The number of ether oxygens (including phenoxy) is 1. The van der Waals surface area contributed by atoms with Gasteiger partial charge in [0.05, 0.1) is 25.2 Å². The van der Waals surface area contributed by atoms with Gasteiger partial charge in [-0.15, -0.1) is 0 Å². The van der Waals surface area contributed by atoms with Crippen molar-refractivity contribution in [3.63, 3.8) is 0 Å². The molecule has 11 heteroatoms. The number of hydrogen-bond acceptors (Lipinski definition) is 9. The predicted molar refractivity (Wildman–Crippen MR) is 117 cm³/mol. The van der Waals surface area contributed by atoms with Crippen LogP contribution in [0.3, 0.4) is 0 Å². The van der Waals surface area contributed by atoms with Crippen LogP contribution in [-0.2, 0) is 15.1 Å². The lowest BCUT2D eigenvalue weighted by Gasteiger charge is -2.30. The lowest BCUT2D eigenvalue weighted by atomic mass is 9.80. The number of benzene rings is 1. The molecule has 0 spiro atoms. The van der Waals surface area contributed by atoms with Crippen molar-refractivity contribution in [2.75, 3.05) is 26.4 Å². The molecule has 0 fully saturated rings. The fourth-order valence-electron chi connectivity index (χ4n) is 2.29. The summed E-state index contributed by atoms with van der Waals surface area (Å²) in [6.45, 7) is 12.0. The Morgan fingerprint density at radius 1 is 0.767 bits per heavy atom. The predicted octanol–water partition coefficient (Wildman–Crippen LogP) is 2.05. The minimum atomic E-state index is -2.61. The monoisotopic (exact) mass is 470 g/mol. The van der Waals surface area contributed by atoms with Crippen molar-refractivity contribution >= 4 is 17.2 Å². The molecule has 0 aliphatic heterocycles. The summed E-state index contributed by atoms with van der Waals surface area (Å²) in [6.07, 6.45) is 0. The molecule has 0 aliphatic rings. The van der Waals surface area contributed by atoms with Crippen molar-refractivity contribution in [2.45, 2.75) is 52.4 Å².